The van der Waals surface area contributed by atoms with E-state index in [0.29, 0.717) is 25.7 Å². The summed E-state index contributed by atoms with van der Waals surface area (Å²) in [5.41, 5.74) is 0.861. The highest BCUT2D eigenvalue weighted by Crippen LogP contribution is 2.17. The lowest BCUT2D eigenvalue weighted by Crippen LogP contribution is -2.39. The molecule has 0 saturated carbocycles. The Labute approximate surface area is 141 Å². The van der Waals surface area contributed by atoms with Gasteiger partial charge in [0.1, 0.15) is 11.9 Å². The van der Waals surface area contributed by atoms with Crippen molar-refractivity contribution < 1.29 is 9.53 Å². The van der Waals surface area contributed by atoms with E-state index >= 15 is 0 Å². The molecule has 0 spiro atoms. The first-order chi connectivity index (χ1) is 11.6. The third kappa shape index (κ3) is 4.04. The number of nitrogens with zero attached hydrogens (tertiary/aromatic N) is 4. The van der Waals surface area contributed by atoms with E-state index in [1.54, 1.807) is 17.3 Å². The highest BCUT2D eigenvalue weighted by atomic mass is 16.5. The van der Waals surface area contributed by atoms with Crippen molar-refractivity contribution in [2.75, 3.05) is 13.1 Å². The second-order valence-corrected chi connectivity index (χ2v) is 6.20. The highest BCUT2D eigenvalue weighted by molar-refractivity contribution is 5.74. The summed E-state index contributed by atoms with van der Waals surface area (Å²) in [6.07, 6.45) is 6.17. The van der Waals surface area contributed by atoms with Gasteiger partial charge >= 0.3 is 6.03 Å². The smallest absolute Gasteiger partial charge is 0.317 e. The second kappa shape index (κ2) is 7.33. The number of likely N-dealkylation sites (tertiary alicyclic amines) is 1. The molecule has 1 saturated heterocycles. The van der Waals surface area contributed by atoms with E-state index in [4.69, 9.17) is 4.74 Å². The summed E-state index contributed by atoms with van der Waals surface area (Å²) in [6, 6.07) is 5.88. The fourth-order valence-corrected chi connectivity index (χ4v) is 2.66. The Bertz CT molecular complexity index is 671. The highest BCUT2D eigenvalue weighted by Gasteiger charge is 2.27. The van der Waals surface area contributed by atoms with Crippen molar-refractivity contribution in [1.29, 1.82) is 0 Å². The Balaban J connectivity index is 1.46. The number of urea groups is 1. The number of carbonyl (C=O) groups is 1. The first-order valence-corrected chi connectivity index (χ1v) is 8.25. The molecule has 2 aromatic rings. The van der Waals surface area contributed by atoms with Crippen molar-refractivity contribution in [1.82, 2.24) is 25.0 Å². The van der Waals surface area contributed by atoms with Crippen molar-refractivity contribution >= 4 is 6.03 Å². The topological polar surface area (TPSA) is 72.3 Å². The summed E-state index contributed by atoms with van der Waals surface area (Å²) in [4.78, 5) is 18.1. The SMILES string of the molecule is CC(C)n1ccc(CNC(=O)N2CC[C@@H](Oc3cccnc3)C2)n1. The van der Waals surface area contributed by atoms with Crippen LogP contribution in [0.25, 0.3) is 0 Å². The maximum atomic E-state index is 12.3. The van der Waals surface area contributed by atoms with Crippen LogP contribution in [0.15, 0.2) is 36.8 Å². The van der Waals surface area contributed by atoms with E-state index in [0.717, 1.165) is 17.9 Å². The van der Waals surface area contributed by atoms with E-state index in [1.165, 1.54) is 0 Å². The number of nitrogens with one attached hydrogen (secondary N) is 1. The number of carbonyl (C=O) groups excluding carboxylic acids is 1. The van der Waals surface area contributed by atoms with Gasteiger partial charge in [0.25, 0.3) is 0 Å². The number of aromatic nitrogens is 3. The van der Waals surface area contributed by atoms with Crippen LogP contribution in [0.4, 0.5) is 4.79 Å². The minimum Gasteiger partial charge on any atom is -0.487 e. The predicted molar refractivity (Wildman–Crippen MR) is 89.7 cm³/mol. The lowest BCUT2D eigenvalue weighted by molar-refractivity contribution is 0.186. The number of hydrogen-bond donors (Lipinski definition) is 1. The Morgan fingerprint density at radius 2 is 2.33 bits per heavy atom. The molecule has 7 heteroatoms. The molecule has 7 nitrogen and oxygen atoms in total. The van der Waals surface area contributed by atoms with E-state index in [1.807, 2.05) is 29.1 Å². The van der Waals surface area contributed by atoms with Crippen molar-refractivity contribution in [3.63, 3.8) is 0 Å². The molecule has 3 rings (SSSR count). The van der Waals surface area contributed by atoms with Gasteiger partial charge in [-0.05, 0) is 32.0 Å². The van der Waals surface area contributed by atoms with Crippen LogP contribution < -0.4 is 10.1 Å². The van der Waals surface area contributed by atoms with E-state index < -0.39 is 0 Å². The average molecular weight is 329 g/mol. The van der Waals surface area contributed by atoms with Crippen LogP contribution in [0.1, 0.15) is 32.0 Å². The second-order valence-electron chi connectivity index (χ2n) is 6.20. The molecule has 1 atom stereocenters. The van der Waals surface area contributed by atoms with Crippen molar-refractivity contribution in [2.24, 2.45) is 0 Å². The van der Waals surface area contributed by atoms with Crippen LogP contribution in [0.5, 0.6) is 5.75 Å². The van der Waals surface area contributed by atoms with Crippen molar-refractivity contribution in [3.8, 4) is 5.75 Å². The lowest BCUT2D eigenvalue weighted by Gasteiger charge is -2.17. The zero-order valence-corrected chi connectivity index (χ0v) is 14.1. The molecule has 0 aromatic carbocycles. The molecule has 0 aliphatic carbocycles. The fraction of sp³-hybridized carbons (Fsp3) is 0.471. The lowest BCUT2D eigenvalue weighted by atomic mass is 10.3. The van der Waals surface area contributed by atoms with Gasteiger partial charge in [-0.3, -0.25) is 9.67 Å². The molecule has 1 fully saturated rings. The van der Waals surface area contributed by atoms with Crippen LogP contribution >= 0.6 is 0 Å². The van der Waals surface area contributed by atoms with Gasteiger partial charge in [0.2, 0.25) is 0 Å². The molecule has 2 amide bonds. The van der Waals surface area contributed by atoms with Gasteiger partial charge in [-0.15, -0.1) is 0 Å². The molecule has 0 bridgehead atoms. The summed E-state index contributed by atoms with van der Waals surface area (Å²) in [5.74, 6) is 0.740. The predicted octanol–water partition coefficient (Wildman–Crippen LogP) is 2.22. The van der Waals surface area contributed by atoms with Crippen LogP contribution in [0, 0.1) is 0 Å². The van der Waals surface area contributed by atoms with Crippen molar-refractivity contribution in [3.05, 3.63) is 42.5 Å². The summed E-state index contributed by atoms with van der Waals surface area (Å²) in [7, 11) is 0. The number of ether oxygens (including phenoxy) is 1. The molecule has 0 unspecified atom stereocenters. The molecule has 2 aromatic heterocycles. The minimum absolute atomic E-state index is 0.0140. The Kier molecular flexibility index (Phi) is 4.98. The van der Waals surface area contributed by atoms with Crippen LogP contribution in [0.3, 0.4) is 0 Å². The molecule has 0 radical (unpaired) electrons. The molecular formula is C17H23N5O2. The number of pyridine rings is 1. The zero-order valence-electron chi connectivity index (χ0n) is 14.1. The van der Waals surface area contributed by atoms with Gasteiger partial charge in [-0.1, -0.05) is 0 Å². The van der Waals surface area contributed by atoms with Gasteiger partial charge in [0.05, 0.1) is 25.0 Å². The minimum atomic E-state index is -0.0774. The van der Waals surface area contributed by atoms with Gasteiger partial charge in [0, 0.05) is 31.4 Å². The molecule has 128 valence electrons. The van der Waals surface area contributed by atoms with Gasteiger partial charge in [0.15, 0.2) is 0 Å². The summed E-state index contributed by atoms with van der Waals surface area (Å²) >= 11 is 0. The first kappa shape index (κ1) is 16.3. The molecule has 24 heavy (non-hydrogen) atoms. The Morgan fingerprint density at radius 1 is 1.46 bits per heavy atom. The maximum absolute atomic E-state index is 12.3. The summed E-state index contributed by atoms with van der Waals surface area (Å²) < 4.78 is 7.73. The number of amides is 2. The van der Waals surface area contributed by atoms with Crippen LogP contribution in [0.2, 0.25) is 0 Å². The maximum Gasteiger partial charge on any atom is 0.317 e. The molecule has 3 heterocycles. The number of rotatable bonds is 5. The normalized spacial score (nSPS) is 17.3. The Hall–Kier alpha value is -2.57. The third-order valence-electron chi connectivity index (χ3n) is 3.98. The fourth-order valence-electron chi connectivity index (χ4n) is 2.66. The van der Waals surface area contributed by atoms with Crippen molar-refractivity contribution in [2.45, 2.75) is 39.0 Å². The monoisotopic (exact) mass is 329 g/mol. The number of hydrogen-bond acceptors (Lipinski definition) is 4. The summed E-state index contributed by atoms with van der Waals surface area (Å²) in [6.45, 7) is 5.85. The average Bonchev–Trinajstić information content (AvgIpc) is 3.23. The van der Waals surface area contributed by atoms with E-state index in [-0.39, 0.29) is 12.1 Å². The van der Waals surface area contributed by atoms with Gasteiger partial charge in [-0.2, -0.15) is 5.10 Å². The molecule has 1 aliphatic rings. The van der Waals surface area contributed by atoms with Gasteiger partial charge in [-0.25, -0.2) is 4.79 Å². The van der Waals surface area contributed by atoms with E-state index in [2.05, 4.69) is 29.2 Å². The first-order valence-electron chi connectivity index (χ1n) is 8.25. The molecular weight excluding hydrogens is 306 g/mol. The van der Waals surface area contributed by atoms with Gasteiger partial charge < -0.3 is 15.0 Å². The quantitative estimate of drug-likeness (QED) is 0.913. The largest absolute Gasteiger partial charge is 0.487 e. The molecule has 1 N–H and O–H groups in total. The van der Waals surface area contributed by atoms with Crippen LogP contribution in [-0.4, -0.2) is 44.9 Å². The Morgan fingerprint density at radius 3 is 3.04 bits per heavy atom. The zero-order chi connectivity index (χ0) is 16.9. The third-order valence-corrected chi connectivity index (χ3v) is 3.98. The van der Waals surface area contributed by atoms with Crippen LogP contribution in [-0.2, 0) is 6.54 Å². The molecule has 1 aliphatic heterocycles. The van der Waals surface area contributed by atoms with E-state index in [9.17, 15) is 4.79 Å². The standard InChI is InChI=1S/C17H23N5O2/c1-13(2)22-9-5-14(20-22)10-19-17(23)21-8-6-16(12-21)24-15-4-3-7-18-11-15/h3-5,7,9,11,13,16H,6,8,10,12H2,1-2H3,(H,19,23)/t16-/m1/s1. The summed E-state index contributed by atoms with van der Waals surface area (Å²) in [5, 5.41) is 7.35.